The van der Waals surface area contributed by atoms with E-state index in [-0.39, 0.29) is 6.10 Å². The standard InChI is InChI=1S/C12H21NOS/c1-3-10(14)7-8-13-9-12-6-5-11(4-2)15-12/h5-6,10,13-14H,3-4,7-9H2,1-2H3. The Balaban J connectivity index is 2.14. The Morgan fingerprint density at radius 1 is 1.33 bits per heavy atom. The summed E-state index contributed by atoms with van der Waals surface area (Å²) in [6.07, 6.45) is 2.68. The maximum Gasteiger partial charge on any atom is 0.0549 e. The molecule has 1 aromatic heterocycles. The van der Waals surface area contributed by atoms with Crippen LogP contribution >= 0.6 is 11.3 Å². The van der Waals surface area contributed by atoms with Gasteiger partial charge in [-0.15, -0.1) is 11.3 Å². The highest BCUT2D eigenvalue weighted by Crippen LogP contribution is 2.16. The Hall–Kier alpha value is -0.380. The highest BCUT2D eigenvalue weighted by molar-refractivity contribution is 7.11. The molecule has 0 spiro atoms. The zero-order valence-electron chi connectivity index (χ0n) is 9.62. The molecule has 86 valence electrons. The van der Waals surface area contributed by atoms with Gasteiger partial charge in [0.05, 0.1) is 6.10 Å². The Kier molecular flexibility index (Phi) is 5.91. The van der Waals surface area contributed by atoms with Crippen LogP contribution in [0.3, 0.4) is 0 Å². The smallest absolute Gasteiger partial charge is 0.0549 e. The van der Waals surface area contributed by atoms with Crippen LogP contribution in [0.5, 0.6) is 0 Å². The minimum absolute atomic E-state index is 0.146. The Labute approximate surface area is 96.3 Å². The van der Waals surface area contributed by atoms with Crippen LogP contribution in [0.2, 0.25) is 0 Å². The minimum Gasteiger partial charge on any atom is -0.393 e. The molecule has 0 fully saturated rings. The average Bonchev–Trinajstić information content (AvgIpc) is 2.72. The van der Waals surface area contributed by atoms with Crippen molar-refractivity contribution in [2.24, 2.45) is 0 Å². The summed E-state index contributed by atoms with van der Waals surface area (Å²) in [6, 6.07) is 4.38. The van der Waals surface area contributed by atoms with E-state index < -0.39 is 0 Å². The second-order valence-electron chi connectivity index (χ2n) is 3.75. The fourth-order valence-corrected chi connectivity index (χ4v) is 2.32. The molecule has 0 aliphatic carbocycles. The number of nitrogens with one attached hydrogen (secondary N) is 1. The summed E-state index contributed by atoms with van der Waals surface area (Å²) >= 11 is 1.87. The van der Waals surface area contributed by atoms with Crippen molar-refractivity contribution in [3.63, 3.8) is 0 Å². The molecule has 3 heteroatoms. The third kappa shape index (κ3) is 4.78. The molecule has 1 rings (SSSR count). The Bertz CT molecular complexity index is 272. The number of aliphatic hydroxyl groups excluding tert-OH is 1. The van der Waals surface area contributed by atoms with Gasteiger partial charge in [-0.1, -0.05) is 13.8 Å². The number of hydrogen-bond acceptors (Lipinski definition) is 3. The van der Waals surface area contributed by atoms with Gasteiger partial charge in [0.25, 0.3) is 0 Å². The lowest BCUT2D eigenvalue weighted by Gasteiger charge is -2.07. The van der Waals surface area contributed by atoms with Crippen LogP contribution in [0.1, 0.15) is 36.4 Å². The van der Waals surface area contributed by atoms with Crippen molar-refractivity contribution in [1.82, 2.24) is 5.32 Å². The van der Waals surface area contributed by atoms with Crippen molar-refractivity contribution in [2.75, 3.05) is 6.54 Å². The van der Waals surface area contributed by atoms with Crippen LogP contribution in [-0.2, 0) is 13.0 Å². The van der Waals surface area contributed by atoms with Gasteiger partial charge < -0.3 is 10.4 Å². The van der Waals surface area contributed by atoms with Gasteiger partial charge in [-0.3, -0.25) is 0 Å². The predicted molar refractivity (Wildman–Crippen MR) is 66.3 cm³/mol. The van der Waals surface area contributed by atoms with Crippen LogP contribution in [0.4, 0.5) is 0 Å². The molecule has 0 aliphatic rings. The van der Waals surface area contributed by atoms with Crippen molar-refractivity contribution in [2.45, 2.75) is 45.8 Å². The van der Waals surface area contributed by atoms with Gasteiger partial charge in [0.2, 0.25) is 0 Å². The molecule has 0 aliphatic heterocycles. The number of hydrogen-bond donors (Lipinski definition) is 2. The van der Waals surface area contributed by atoms with Crippen LogP contribution < -0.4 is 5.32 Å². The summed E-state index contributed by atoms with van der Waals surface area (Å²) < 4.78 is 0. The summed E-state index contributed by atoms with van der Waals surface area (Å²) in [5.74, 6) is 0. The van der Waals surface area contributed by atoms with E-state index in [1.165, 1.54) is 9.75 Å². The molecule has 1 heterocycles. The summed E-state index contributed by atoms with van der Waals surface area (Å²) in [5.41, 5.74) is 0. The molecule has 15 heavy (non-hydrogen) atoms. The largest absolute Gasteiger partial charge is 0.393 e. The third-order valence-electron chi connectivity index (χ3n) is 2.49. The highest BCUT2D eigenvalue weighted by Gasteiger charge is 2.01. The van der Waals surface area contributed by atoms with Crippen LogP contribution in [0.25, 0.3) is 0 Å². The molecule has 0 saturated carbocycles. The number of aryl methyl sites for hydroxylation is 1. The van der Waals surface area contributed by atoms with E-state index in [0.29, 0.717) is 0 Å². The van der Waals surface area contributed by atoms with Crippen LogP contribution in [0.15, 0.2) is 12.1 Å². The summed E-state index contributed by atoms with van der Waals surface area (Å²) in [5, 5.41) is 12.7. The van der Waals surface area contributed by atoms with Crippen molar-refractivity contribution in [3.05, 3.63) is 21.9 Å². The van der Waals surface area contributed by atoms with E-state index >= 15 is 0 Å². The molecule has 0 aromatic carbocycles. The molecule has 0 bridgehead atoms. The van der Waals surface area contributed by atoms with Gasteiger partial charge in [0, 0.05) is 16.3 Å². The molecule has 1 aromatic rings. The van der Waals surface area contributed by atoms with Gasteiger partial charge in [0.15, 0.2) is 0 Å². The quantitative estimate of drug-likeness (QED) is 0.702. The SMILES string of the molecule is CCc1ccc(CNCCC(O)CC)s1. The molecule has 0 radical (unpaired) electrons. The monoisotopic (exact) mass is 227 g/mol. The van der Waals surface area contributed by atoms with Gasteiger partial charge >= 0.3 is 0 Å². The molecule has 2 N–H and O–H groups in total. The lowest BCUT2D eigenvalue weighted by Crippen LogP contribution is -2.19. The summed E-state index contributed by atoms with van der Waals surface area (Å²) in [7, 11) is 0. The first-order valence-electron chi connectivity index (χ1n) is 5.72. The lowest BCUT2D eigenvalue weighted by molar-refractivity contribution is 0.160. The molecule has 1 unspecified atom stereocenters. The van der Waals surface area contributed by atoms with E-state index in [1.807, 2.05) is 18.3 Å². The number of thiophene rings is 1. The van der Waals surface area contributed by atoms with Crippen LogP contribution in [-0.4, -0.2) is 17.8 Å². The highest BCUT2D eigenvalue weighted by atomic mass is 32.1. The minimum atomic E-state index is -0.146. The van der Waals surface area contributed by atoms with Crippen molar-refractivity contribution in [1.29, 1.82) is 0 Å². The molecule has 2 nitrogen and oxygen atoms in total. The maximum atomic E-state index is 9.36. The van der Waals surface area contributed by atoms with Gasteiger partial charge in [-0.25, -0.2) is 0 Å². The summed E-state index contributed by atoms with van der Waals surface area (Å²) in [4.78, 5) is 2.83. The number of rotatable bonds is 7. The van der Waals surface area contributed by atoms with E-state index in [0.717, 1.165) is 32.4 Å². The third-order valence-corrected chi connectivity index (χ3v) is 3.72. The second-order valence-corrected chi connectivity index (χ2v) is 5.00. The topological polar surface area (TPSA) is 32.3 Å². The average molecular weight is 227 g/mol. The number of aliphatic hydroxyl groups is 1. The Morgan fingerprint density at radius 3 is 2.67 bits per heavy atom. The van der Waals surface area contributed by atoms with Gasteiger partial charge in [-0.2, -0.15) is 0 Å². The second kappa shape index (κ2) is 6.99. The first-order chi connectivity index (χ1) is 7.26. The fourth-order valence-electron chi connectivity index (χ4n) is 1.39. The molecular weight excluding hydrogens is 206 g/mol. The Morgan fingerprint density at radius 2 is 2.07 bits per heavy atom. The zero-order valence-corrected chi connectivity index (χ0v) is 10.4. The molecular formula is C12H21NOS. The first kappa shape index (κ1) is 12.7. The maximum absolute atomic E-state index is 9.36. The zero-order chi connectivity index (χ0) is 11.1. The normalized spacial score (nSPS) is 13.0. The molecule has 0 amide bonds. The molecule has 0 saturated heterocycles. The van der Waals surface area contributed by atoms with E-state index in [4.69, 9.17) is 0 Å². The van der Waals surface area contributed by atoms with E-state index in [1.54, 1.807) is 0 Å². The van der Waals surface area contributed by atoms with Gasteiger partial charge in [-0.05, 0) is 37.9 Å². The fraction of sp³-hybridized carbons (Fsp3) is 0.667. The van der Waals surface area contributed by atoms with Crippen molar-refractivity contribution >= 4 is 11.3 Å². The molecule has 1 atom stereocenters. The van der Waals surface area contributed by atoms with E-state index in [9.17, 15) is 5.11 Å². The lowest BCUT2D eigenvalue weighted by atomic mass is 10.2. The van der Waals surface area contributed by atoms with Crippen molar-refractivity contribution in [3.8, 4) is 0 Å². The predicted octanol–water partition coefficient (Wildman–Crippen LogP) is 2.56. The summed E-state index contributed by atoms with van der Waals surface area (Å²) in [6.45, 7) is 6.02. The van der Waals surface area contributed by atoms with Gasteiger partial charge in [0.1, 0.15) is 0 Å². The van der Waals surface area contributed by atoms with E-state index in [2.05, 4.69) is 24.4 Å². The van der Waals surface area contributed by atoms with Crippen molar-refractivity contribution < 1.29 is 5.11 Å². The van der Waals surface area contributed by atoms with Crippen LogP contribution in [0, 0.1) is 0 Å². The first-order valence-corrected chi connectivity index (χ1v) is 6.54.